The van der Waals surface area contributed by atoms with E-state index in [0.29, 0.717) is 13.0 Å². The number of benzene rings is 1. The van der Waals surface area contributed by atoms with Gasteiger partial charge in [0.1, 0.15) is 19.2 Å². The van der Waals surface area contributed by atoms with Gasteiger partial charge in [-0.25, -0.2) is 0 Å². The van der Waals surface area contributed by atoms with Crippen molar-refractivity contribution in [1.29, 1.82) is 0 Å². The summed E-state index contributed by atoms with van der Waals surface area (Å²) in [5.74, 6) is -1.58. The van der Waals surface area contributed by atoms with E-state index in [1.165, 1.54) is 4.90 Å². The van der Waals surface area contributed by atoms with Crippen LogP contribution in [0, 0.1) is 0 Å². The predicted molar refractivity (Wildman–Crippen MR) is 115 cm³/mol. The smallest absolute Gasteiger partial charge is 0.243 e. The van der Waals surface area contributed by atoms with Crippen molar-refractivity contribution >= 4 is 34.5 Å². The average Bonchev–Trinajstić information content (AvgIpc) is 3.17. The molecule has 0 radical (unpaired) electrons. The molecule has 2 aromatic rings. The van der Waals surface area contributed by atoms with Gasteiger partial charge in [-0.05, 0) is 30.9 Å². The highest BCUT2D eigenvalue weighted by Crippen LogP contribution is 2.22. The van der Waals surface area contributed by atoms with E-state index in [0.717, 1.165) is 29.3 Å². The Hall–Kier alpha value is -3.56. The minimum Gasteiger partial charge on any atom is -0.417 e. The van der Waals surface area contributed by atoms with E-state index in [1.807, 2.05) is 24.3 Å². The summed E-state index contributed by atoms with van der Waals surface area (Å²) < 4.78 is 1.60. The first-order valence-corrected chi connectivity index (χ1v) is 10.8. The molecule has 0 spiro atoms. The minimum absolute atomic E-state index is 0.197. The third-order valence-electron chi connectivity index (χ3n) is 6.00. The number of para-hydroxylation sites is 1. The van der Waals surface area contributed by atoms with Crippen LogP contribution in [0.25, 0.3) is 10.9 Å². The van der Waals surface area contributed by atoms with Crippen molar-refractivity contribution in [2.45, 2.75) is 37.8 Å². The Balaban J connectivity index is 1.57. The summed E-state index contributed by atoms with van der Waals surface area (Å²) in [5.41, 5.74) is 1.64. The second kappa shape index (κ2) is 9.29. The van der Waals surface area contributed by atoms with Crippen LogP contribution in [0.5, 0.6) is 0 Å². The van der Waals surface area contributed by atoms with E-state index < -0.39 is 23.9 Å². The number of carbonyl (C=O) groups is 4. The van der Waals surface area contributed by atoms with Gasteiger partial charge in [-0.1, -0.05) is 18.2 Å². The van der Waals surface area contributed by atoms with Gasteiger partial charge >= 0.3 is 0 Å². The minimum atomic E-state index is -0.917. The lowest BCUT2D eigenvalue weighted by Crippen LogP contribution is -2.58. The summed E-state index contributed by atoms with van der Waals surface area (Å²) >= 11 is 0. The van der Waals surface area contributed by atoms with E-state index in [4.69, 9.17) is 4.84 Å². The number of carbonyl (C=O) groups excluding carboxylic acids is 4. The summed E-state index contributed by atoms with van der Waals surface area (Å²) in [7, 11) is 1.54. The van der Waals surface area contributed by atoms with E-state index in [-0.39, 0.29) is 31.3 Å². The van der Waals surface area contributed by atoms with Crippen molar-refractivity contribution in [2.75, 3.05) is 26.7 Å². The summed E-state index contributed by atoms with van der Waals surface area (Å²) in [4.78, 5) is 57.6. The SMILES string of the molecule is COn1cc(C[C@@H]2NC(=O)CNC(=O)C3CCCCN3C(=O)CNC2=O)c2ccccc21. The maximum absolute atomic E-state index is 12.9. The lowest BCUT2D eigenvalue weighted by Gasteiger charge is -2.35. The molecule has 170 valence electrons. The highest BCUT2D eigenvalue weighted by molar-refractivity contribution is 5.96. The quantitative estimate of drug-likeness (QED) is 0.585. The van der Waals surface area contributed by atoms with Gasteiger partial charge in [-0.3, -0.25) is 19.2 Å². The molecule has 10 nitrogen and oxygen atoms in total. The fraction of sp³-hybridized carbons (Fsp3) is 0.455. The lowest BCUT2D eigenvalue weighted by molar-refractivity contribution is -0.143. The molecule has 4 rings (SSSR count). The van der Waals surface area contributed by atoms with Crippen LogP contribution in [-0.4, -0.2) is 72.1 Å². The molecule has 2 aliphatic rings. The second-order valence-electron chi connectivity index (χ2n) is 8.04. The Bertz CT molecular complexity index is 1050. The van der Waals surface area contributed by atoms with Crippen LogP contribution in [0.3, 0.4) is 0 Å². The zero-order valence-corrected chi connectivity index (χ0v) is 17.9. The number of amides is 4. The molecule has 2 aliphatic heterocycles. The summed E-state index contributed by atoms with van der Waals surface area (Å²) in [6.45, 7) is -0.0330. The van der Waals surface area contributed by atoms with Crippen molar-refractivity contribution in [1.82, 2.24) is 25.6 Å². The summed E-state index contributed by atoms with van der Waals surface area (Å²) in [5, 5.41) is 8.84. The molecule has 2 saturated heterocycles. The maximum atomic E-state index is 12.9. The Morgan fingerprint density at radius 1 is 1.03 bits per heavy atom. The Kier molecular flexibility index (Phi) is 6.29. The van der Waals surface area contributed by atoms with Crippen molar-refractivity contribution in [3.63, 3.8) is 0 Å². The van der Waals surface area contributed by atoms with Crippen molar-refractivity contribution in [3.05, 3.63) is 36.0 Å². The second-order valence-corrected chi connectivity index (χ2v) is 8.04. The summed E-state index contributed by atoms with van der Waals surface area (Å²) in [6.07, 6.45) is 4.14. The standard InChI is InChI=1S/C22H27N5O5/c1-32-27-13-14(15-6-2-3-7-17(15)27)10-16-21(30)24-12-20(29)26-9-5-4-8-18(26)22(31)23-11-19(28)25-16/h2-3,6-7,13,16,18H,4-5,8-12H2,1H3,(H,23,31)(H,24,30)(H,25,28)/t16-,18?/m0/s1. The number of aromatic nitrogens is 1. The van der Waals surface area contributed by atoms with Gasteiger partial charge in [0, 0.05) is 24.5 Å². The molecular weight excluding hydrogens is 414 g/mol. The van der Waals surface area contributed by atoms with E-state index >= 15 is 0 Å². The van der Waals surface area contributed by atoms with Gasteiger partial charge < -0.3 is 25.7 Å². The molecule has 3 N–H and O–H groups in total. The highest BCUT2D eigenvalue weighted by atomic mass is 16.6. The molecule has 0 aliphatic carbocycles. The van der Waals surface area contributed by atoms with Crippen LogP contribution in [-0.2, 0) is 25.6 Å². The number of nitrogens with zero attached hydrogens (tertiary/aromatic N) is 2. The Morgan fingerprint density at radius 2 is 1.81 bits per heavy atom. The van der Waals surface area contributed by atoms with Gasteiger partial charge in [0.05, 0.1) is 18.6 Å². The van der Waals surface area contributed by atoms with Crippen molar-refractivity contribution in [2.24, 2.45) is 0 Å². The molecule has 2 fully saturated rings. The van der Waals surface area contributed by atoms with Crippen LogP contribution < -0.4 is 20.8 Å². The zero-order valence-electron chi connectivity index (χ0n) is 17.9. The molecule has 32 heavy (non-hydrogen) atoms. The first-order chi connectivity index (χ1) is 15.5. The average molecular weight is 441 g/mol. The van der Waals surface area contributed by atoms with Crippen molar-refractivity contribution < 1.29 is 24.0 Å². The number of nitrogens with one attached hydrogen (secondary N) is 3. The zero-order chi connectivity index (χ0) is 22.7. The fourth-order valence-electron chi connectivity index (χ4n) is 4.38. The molecule has 0 bridgehead atoms. The molecule has 4 amide bonds. The third kappa shape index (κ3) is 4.39. The Labute approximate surface area is 185 Å². The number of piperidine rings is 1. The molecule has 10 heteroatoms. The third-order valence-corrected chi connectivity index (χ3v) is 6.00. The topological polar surface area (TPSA) is 122 Å². The van der Waals surface area contributed by atoms with Gasteiger partial charge in [-0.2, -0.15) is 4.73 Å². The molecule has 3 heterocycles. The monoisotopic (exact) mass is 441 g/mol. The van der Waals surface area contributed by atoms with Gasteiger partial charge in [0.25, 0.3) is 0 Å². The summed E-state index contributed by atoms with van der Waals surface area (Å²) in [6, 6.07) is 6.04. The predicted octanol–water partition coefficient (Wildman–Crippen LogP) is -0.646. The molecule has 1 aromatic heterocycles. The van der Waals surface area contributed by atoms with E-state index in [1.54, 1.807) is 18.0 Å². The first-order valence-electron chi connectivity index (χ1n) is 10.8. The Morgan fingerprint density at radius 3 is 2.62 bits per heavy atom. The van der Waals surface area contributed by atoms with Gasteiger partial charge in [0.2, 0.25) is 23.6 Å². The normalized spacial score (nSPS) is 22.8. The highest BCUT2D eigenvalue weighted by Gasteiger charge is 2.33. The van der Waals surface area contributed by atoms with Crippen LogP contribution in [0.1, 0.15) is 24.8 Å². The van der Waals surface area contributed by atoms with E-state index in [2.05, 4.69) is 16.0 Å². The van der Waals surface area contributed by atoms with E-state index in [9.17, 15) is 19.2 Å². The number of rotatable bonds is 3. The number of fused-ring (bicyclic) bond motifs is 2. The molecule has 1 aromatic carbocycles. The van der Waals surface area contributed by atoms with Crippen LogP contribution in [0.4, 0.5) is 0 Å². The van der Waals surface area contributed by atoms with Crippen LogP contribution in [0.2, 0.25) is 0 Å². The largest absolute Gasteiger partial charge is 0.417 e. The maximum Gasteiger partial charge on any atom is 0.243 e. The lowest BCUT2D eigenvalue weighted by atomic mass is 10.0. The molecule has 2 atom stereocenters. The number of hydrogen-bond donors (Lipinski definition) is 3. The van der Waals surface area contributed by atoms with Gasteiger partial charge in [0.15, 0.2) is 0 Å². The fourth-order valence-corrected chi connectivity index (χ4v) is 4.38. The van der Waals surface area contributed by atoms with Crippen molar-refractivity contribution in [3.8, 4) is 0 Å². The molecule has 1 unspecified atom stereocenters. The first kappa shape index (κ1) is 21.7. The van der Waals surface area contributed by atoms with Gasteiger partial charge in [-0.15, -0.1) is 0 Å². The van der Waals surface area contributed by atoms with Crippen LogP contribution >= 0.6 is 0 Å². The van der Waals surface area contributed by atoms with Crippen LogP contribution in [0.15, 0.2) is 30.5 Å². The number of hydrogen-bond acceptors (Lipinski definition) is 5. The molecular formula is C22H27N5O5. The molecule has 0 saturated carbocycles.